The molecule has 0 saturated carbocycles. The molecule has 2 aliphatic rings. The van der Waals surface area contributed by atoms with Crippen molar-refractivity contribution < 1.29 is 0 Å². The summed E-state index contributed by atoms with van der Waals surface area (Å²) < 4.78 is 4.77. The van der Waals surface area contributed by atoms with E-state index in [1.54, 1.807) is 0 Å². The van der Waals surface area contributed by atoms with Crippen molar-refractivity contribution >= 4 is 65.8 Å². The van der Waals surface area contributed by atoms with E-state index < -0.39 is 0 Å². The molecular formula is C32H32N4. The SMILES string of the molecule is Cn1c(N2CCCC2)cc2c3ccc4c(ccc5c4ccc4c5cc(N5CCCC5)n4C)c3ccc21. The maximum absolute atomic E-state index is 2.54. The molecule has 2 aliphatic heterocycles. The van der Waals surface area contributed by atoms with Crippen LogP contribution >= 0.6 is 0 Å². The van der Waals surface area contributed by atoms with Crippen molar-refractivity contribution in [2.45, 2.75) is 25.7 Å². The van der Waals surface area contributed by atoms with E-state index in [0.29, 0.717) is 0 Å². The topological polar surface area (TPSA) is 16.3 Å². The first-order valence-electron chi connectivity index (χ1n) is 13.5. The van der Waals surface area contributed by atoms with E-state index >= 15 is 0 Å². The zero-order valence-corrected chi connectivity index (χ0v) is 21.2. The lowest BCUT2D eigenvalue weighted by Crippen LogP contribution is -2.20. The number of hydrogen-bond acceptors (Lipinski definition) is 2. The van der Waals surface area contributed by atoms with Crippen LogP contribution in [0.5, 0.6) is 0 Å². The van der Waals surface area contributed by atoms with Gasteiger partial charge >= 0.3 is 0 Å². The molecule has 2 aromatic heterocycles. The molecule has 0 amide bonds. The highest BCUT2D eigenvalue weighted by Crippen LogP contribution is 2.40. The maximum atomic E-state index is 2.54. The Morgan fingerprint density at radius 3 is 1.08 bits per heavy atom. The van der Waals surface area contributed by atoms with Crippen LogP contribution in [-0.2, 0) is 14.1 Å². The van der Waals surface area contributed by atoms with Crippen LogP contribution in [0.4, 0.5) is 11.6 Å². The van der Waals surface area contributed by atoms with Crippen molar-refractivity contribution in [2.24, 2.45) is 14.1 Å². The zero-order valence-electron chi connectivity index (χ0n) is 21.2. The predicted octanol–water partition coefficient (Wildman–Crippen LogP) is 7.33. The Morgan fingerprint density at radius 1 is 0.417 bits per heavy atom. The van der Waals surface area contributed by atoms with Gasteiger partial charge in [0.15, 0.2) is 0 Å². The second-order valence-corrected chi connectivity index (χ2v) is 10.9. The van der Waals surface area contributed by atoms with Gasteiger partial charge in [0, 0.05) is 51.0 Å². The molecule has 0 N–H and O–H groups in total. The molecule has 6 aromatic rings. The van der Waals surface area contributed by atoms with Crippen LogP contribution in [-0.4, -0.2) is 35.3 Å². The third-order valence-electron chi connectivity index (χ3n) is 9.05. The highest BCUT2D eigenvalue weighted by Gasteiger charge is 2.20. The number of anilines is 2. The van der Waals surface area contributed by atoms with E-state index in [9.17, 15) is 0 Å². The van der Waals surface area contributed by atoms with Gasteiger partial charge in [-0.25, -0.2) is 0 Å². The molecule has 4 nitrogen and oxygen atoms in total. The van der Waals surface area contributed by atoms with Gasteiger partial charge in [0.1, 0.15) is 11.6 Å². The molecule has 0 spiro atoms. The maximum Gasteiger partial charge on any atom is 0.109 e. The summed E-state index contributed by atoms with van der Waals surface area (Å²) in [5, 5.41) is 10.9. The summed E-state index contributed by atoms with van der Waals surface area (Å²) in [6.07, 6.45) is 5.20. The Kier molecular flexibility index (Phi) is 4.23. The molecule has 2 fully saturated rings. The van der Waals surface area contributed by atoms with Gasteiger partial charge in [0.25, 0.3) is 0 Å². The van der Waals surface area contributed by atoms with Gasteiger partial charge in [-0.05, 0) is 82.3 Å². The minimum Gasteiger partial charge on any atom is -0.358 e. The summed E-state index contributed by atoms with van der Waals surface area (Å²) in [4.78, 5) is 5.09. The standard InChI is InChI=1S/C32H32N4/c1-33-29-13-11-23-21-8-10-26-24(12-14-30-28(26)20-32(34(30)2)36-17-5-6-18-36)22(21)7-9-25(23)27(29)19-31(33)35-15-3-4-16-35/h7-14,19-20H,3-6,15-18H2,1-2H3. The quantitative estimate of drug-likeness (QED) is 0.245. The average molecular weight is 473 g/mol. The smallest absolute Gasteiger partial charge is 0.109 e. The number of benzene rings is 4. The average Bonchev–Trinajstić information content (AvgIpc) is 3.71. The van der Waals surface area contributed by atoms with E-state index in [1.807, 2.05) is 0 Å². The number of fused-ring (bicyclic) bond motifs is 9. The van der Waals surface area contributed by atoms with Crippen LogP contribution in [0.3, 0.4) is 0 Å². The van der Waals surface area contributed by atoms with E-state index in [0.717, 1.165) is 0 Å². The third kappa shape index (κ3) is 2.70. The molecule has 0 aliphatic carbocycles. The molecule has 0 unspecified atom stereocenters. The Labute approximate surface area is 211 Å². The van der Waals surface area contributed by atoms with Crippen molar-refractivity contribution in [3.8, 4) is 0 Å². The Balaban J connectivity index is 1.36. The fourth-order valence-corrected chi connectivity index (χ4v) is 7.15. The van der Waals surface area contributed by atoms with Gasteiger partial charge in [-0.1, -0.05) is 36.4 Å². The van der Waals surface area contributed by atoms with Gasteiger partial charge < -0.3 is 18.9 Å². The van der Waals surface area contributed by atoms with Crippen LogP contribution in [0.2, 0.25) is 0 Å². The summed E-state index contributed by atoms with van der Waals surface area (Å²) in [5.74, 6) is 2.71. The highest BCUT2D eigenvalue weighted by molar-refractivity contribution is 6.25. The van der Waals surface area contributed by atoms with Gasteiger partial charge in [-0.15, -0.1) is 0 Å². The lowest BCUT2D eigenvalue weighted by atomic mass is 9.94. The van der Waals surface area contributed by atoms with E-state index in [2.05, 4.69) is 93.7 Å². The third-order valence-corrected chi connectivity index (χ3v) is 9.05. The normalized spacial score (nSPS) is 16.7. The summed E-state index contributed by atoms with van der Waals surface area (Å²) in [7, 11) is 4.44. The van der Waals surface area contributed by atoms with E-state index in [-0.39, 0.29) is 0 Å². The van der Waals surface area contributed by atoms with Gasteiger partial charge in [-0.2, -0.15) is 0 Å². The van der Waals surface area contributed by atoms with Crippen molar-refractivity contribution in [3.05, 3.63) is 60.7 Å². The first kappa shape index (κ1) is 20.5. The molecule has 180 valence electrons. The molecule has 8 rings (SSSR count). The largest absolute Gasteiger partial charge is 0.358 e. The van der Waals surface area contributed by atoms with Crippen LogP contribution in [0.25, 0.3) is 54.1 Å². The predicted molar refractivity (Wildman–Crippen MR) is 155 cm³/mol. The Morgan fingerprint density at radius 2 is 0.722 bits per heavy atom. The number of hydrogen-bond donors (Lipinski definition) is 0. The second-order valence-electron chi connectivity index (χ2n) is 10.9. The molecule has 36 heavy (non-hydrogen) atoms. The van der Waals surface area contributed by atoms with E-state index in [4.69, 9.17) is 0 Å². The van der Waals surface area contributed by atoms with Crippen LogP contribution in [0, 0.1) is 0 Å². The molecule has 2 saturated heterocycles. The van der Waals surface area contributed by atoms with Crippen molar-refractivity contribution in [1.82, 2.24) is 9.13 Å². The molecule has 4 heterocycles. The monoisotopic (exact) mass is 472 g/mol. The summed E-state index contributed by atoms with van der Waals surface area (Å²) in [6.45, 7) is 4.68. The van der Waals surface area contributed by atoms with Crippen LogP contribution < -0.4 is 9.80 Å². The number of aromatic nitrogens is 2. The highest BCUT2D eigenvalue weighted by atomic mass is 15.2. The lowest BCUT2D eigenvalue weighted by Gasteiger charge is -2.18. The summed E-state index contributed by atoms with van der Waals surface area (Å²) in [5.41, 5.74) is 2.65. The molecule has 4 heteroatoms. The first-order valence-corrected chi connectivity index (χ1v) is 13.5. The fourth-order valence-electron chi connectivity index (χ4n) is 7.15. The fraction of sp³-hybridized carbons (Fsp3) is 0.312. The Bertz CT molecular complexity index is 1690. The number of nitrogens with zero attached hydrogens (tertiary/aromatic N) is 4. The van der Waals surface area contributed by atoms with Crippen LogP contribution in [0.15, 0.2) is 60.7 Å². The Hall–Kier alpha value is -3.66. The molecule has 0 atom stereocenters. The summed E-state index contributed by atoms with van der Waals surface area (Å²) in [6, 6.07) is 23.6. The van der Waals surface area contributed by atoms with Crippen molar-refractivity contribution in [1.29, 1.82) is 0 Å². The summed E-state index contributed by atoms with van der Waals surface area (Å²) >= 11 is 0. The van der Waals surface area contributed by atoms with Gasteiger partial charge in [-0.3, -0.25) is 0 Å². The molecule has 4 aromatic carbocycles. The molecule has 0 bridgehead atoms. The minimum atomic E-state index is 1.17. The zero-order chi connectivity index (χ0) is 24.0. The number of rotatable bonds is 2. The number of aryl methyl sites for hydroxylation is 2. The van der Waals surface area contributed by atoms with Crippen molar-refractivity contribution in [2.75, 3.05) is 36.0 Å². The lowest BCUT2D eigenvalue weighted by molar-refractivity contribution is 0.861. The molecular weight excluding hydrogens is 440 g/mol. The van der Waals surface area contributed by atoms with E-state index in [1.165, 1.54) is 118 Å². The molecule has 0 radical (unpaired) electrons. The van der Waals surface area contributed by atoms with Crippen LogP contribution in [0.1, 0.15) is 25.7 Å². The van der Waals surface area contributed by atoms with Crippen molar-refractivity contribution in [3.63, 3.8) is 0 Å². The minimum absolute atomic E-state index is 1.17. The van der Waals surface area contributed by atoms with Gasteiger partial charge in [0.05, 0.1) is 11.0 Å². The van der Waals surface area contributed by atoms with Gasteiger partial charge in [0.2, 0.25) is 0 Å². The first-order chi connectivity index (χ1) is 17.7. The second kappa shape index (κ2) is 7.42.